The number of hydrogen-bond acceptors (Lipinski definition) is 3. The maximum atomic E-state index is 13.2. The van der Waals surface area contributed by atoms with Gasteiger partial charge >= 0.3 is 5.97 Å². The van der Waals surface area contributed by atoms with Gasteiger partial charge in [0.1, 0.15) is 5.69 Å². The largest absolute Gasteiger partial charge is 0.504 e. The number of aryl methyl sites for hydroxylation is 1. The van der Waals surface area contributed by atoms with Gasteiger partial charge in [0, 0.05) is 5.56 Å². The van der Waals surface area contributed by atoms with Crippen LogP contribution >= 0.6 is 0 Å². The van der Waals surface area contributed by atoms with Gasteiger partial charge in [-0.1, -0.05) is 6.07 Å². The molecule has 6 heteroatoms. The molecule has 2 rings (SSSR count). The van der Waals surface area contributed by atoms with Gasteiger partial charge in [0.25, 0.3) is 0 Å². The zero-order valence-electron chi connectivity index (χ0n) is 8.86. The average Bonchev–Trinajstić information content (AvgIpc) is 2.73. The molecule has 1 aromatic carbocycles. The van der Waals surface area contributed by atoms with Crippen LogP contribution in [0.4, 0.5) is 4.39 Å². The quantitative estimate of drug-likeness (QED) is 0.743. The summed E-state index contributed by atoms with van der Waals surface area (Å²) in [5.41, 5.74) is 0.862. The summed E-state index contributed by atoms with van der Waals surface area (Å²) in [4.78, 5) is 10.7. The van der Waals surface area contributed by atoms with Crippen molar-refractivity contribution in [1.82, 2.24) is 10.2 Å². The first-order valence-corrected chi connectivity index (χ1v) is 4.78. The summed E-state index contributed by atoms with van der Waals surface area (Å²) >= 11 is 0. The molecule has 2 aromatic rings. The van der Waals surface area contributed by atoms with Crippen molar-refractivity contribution in [3.05, 3.63) is 35.3 Å². The van der Waals surface area contributed by atoms with Crippen molar-refractivity contribution in [3.8, 4) is 17.0 Å². The van der Waals surface area contributed by atoms with Gasteiger partial charge < -0.3 is 10.2 Å². The van der Waals surface area contributed by atoms with E-state index in [2.05, 4.69) is 10.2 Å². The molecule has 0 bridgehead atoms. The lowest BCUT2D eigenvalue weighted by molar-refractivity contribution is 0.0690. The number of carboxylic acid groups (broad SMARTS) is 1. The maximum absolute atomic E-state index is 13.2. The summed E-state index contributed by atoms with van der Waals surface area (Å²) in [5, 5.41) is 24.4. The standard InChI is InChI=1S/C11H9FN2O3/c1-5-2-3-6(12)10(15)9(5)7-4-8(11(16)17)14-13-7/h2-4,15H,1H3,(H,13,14)(H,16,17). The van der Waals surface area contributed by atoms with Crippen LogP contribution in [0.25, 0.3) is 11.3 Å². The van der Waals surface area contributed by atoms with Crippen LogP contribution in [0.1, 0.15) is 16.1 Å². The maximum Gasteiger partial charge on any atom is 0.353 e. The monoisotopic (exact) mass is 236 g/mol. The Morgan fingerprint density at radius 3 is 2.76 bits per heavy atom. The molecule has 0 saturated heterocycles. The molecule has 1 aromatic heterocycles. The van der Waals surface area contributed by atoms with Crippen LogP contribution in [0.15, 0.2) is 18.2 Å². The number of rotatable bonds is 2. The molecule has 1 heterocycles. The van der Waals surface area contributed by atoms with E-state index in [-0.39, 0.29) is 17.0 Å². The Morgan fingerprint density at radius 1 is 1.47 bits per heavy atom. The van der Waals surface area contributed by atoms with Gasteiger partial charge in [-0.25, -0.2) is 9.18 Å². The zero-order chi connectivity index (χ0) is 12.6. The van der Waals surface area contributed by atoms with E-state index in [1.165, 1.54) is 12.1 Å². The minimum absolute atomic E-state index is 0.122. The number of carboxylic acids is 1. The number of aromatic hydroxyl groups is 1. The summed E-state index contributed by atoms with van der Waals surface area (Å²) in [6, 6.07) is 3.86. The van der Waals surface area contributed by atoms with Crippen LogP contribution in [0, 0.1) is 12.7 Å². The van der Waals surface area contributed by atoms with Crippen molar-refractivity contribution < 1.29 is 19.4 Å². The second-order valence-corrected chi connectivity index (χ2v) is 3.56. The summed E-state index contributed by atoms with van der Waals surface area (Å²) in [6.07, 6.45) is 0. The second-order valence-electron chi connectivity index (χ2n) is 3.56. The van der Waals surface area contributed by atoms with E-state index in [0.29, 0.717) is 5.56 Å². The minimum Gasteiger partial charge on any atom is -0.504 e. The van der Waals surface area contributed by atoms with Crippen molar-refractivity contribution in [2.75, 3.05) is 0 Å². The Bertz CT molecular complexity index is 592. The molecular formula is C11H9FN2O3. The predicted octanol–water partition coefficient (Wildman–Crippen LogP) is 1.93. The summed E-state index contributed by atoms with van der Waals surface area (Å²) in [6.45, 7) is 1.67. The Labute approximate surface area is 95.5 Å². The molecule has 0 unspecified atom stereocenters. The molecule has 0 aliphatic rings. The molecule has 0 aliphatic heterocycles. The molecular weight excluding hydrogens is 227 g/mol. The van der Waals surface area contributed by atoms with Crippen molar-refractivity contribution in [2.45, 2.75) is 6.92 Å². The van der Waals surface area contributed by atoms with E-state index in [9.17, 15) is 14.3 Å². The summed E-state index contributed by atoms with van der Waals surface area (Å²) < 4.78 is 13.2. The van der Waals surface area contributed by atoms with Gasteiger partial charge in [0.05, 0.1) is 5.69 Å². The number of phenolic OH excluding ortho intramolecular Hbond substituents is 1. The highest BCUT2D eigenvalue weighted by Crippen LogP contribution is 2.33. The molecule has 0 spiro atoms. The van der Waals surface area contributed by atoms with Crippen LogP contribution in [0.2, 0.25) is 0 Å². The predicted molar refractivity (Wildman–Crippen MR) is 57.3 cm³/mol. The number of nitrogens with one attached hydrogen (secondary N) is 1. The van der Waals surface area contributed by atoms with Crippen LogP contribution in [0.3, 0.4) is 0 Å². The molecule has 3 N–H and O–H groups in total. The smallest absolute Gasteiger partial charge is 0.353 e. The topological polar surface area (TPSA) is 86.2 Å². The number of hydrogen-bond donors (Lipinski definition) is 3. The minimum atomic E-state index is -1.17. The van der Waals surface area contributed by atoms with Crippen molar-refractivity contribution in [3.63, 3.8) is 0 Å². The highest BCUT2D eigenvalue weighted by molar-refractivity contribution is 5.87. The van der Waals surface area contributed by atoms with E-state index >= 15 is 0 Å². The first-order chi connectivity index (χ1) is 8.00. The van der Waals surface area contributed by atoms with E-state index in [0.717, 1.165) is 6.07 Å². The molecule has 17 heavy (non-hydrogen) atoms. The van der Waals surface area contributed by atoms with Gasteiger partial charge in [-0.3, -0.25) is 5.10 Å². The average molecular weight is 236 g/mol. The molecule has 0 saturated carbocycles. The zero-order valence-corrected chi connectivity index (χ0v) is 8.86. The van der Waals surface area contributed by atoms with E-state index in [4.69, 9.17) is 5.11 Å². The third-order valence-electron chi connectivity index (χ3n) is 2.40. The molecule has 88 valence electrons. The highest BCUT2D eigenvalue weighted by Gasteiger charge is 2.16. The number of aromatic nitrogens is 2. The molecule has 0 fully saturated rings. The van der Waals surface area contributed by atoms with Gasteiger partial charge in [-0.15, -0.1) is 0 Å². The van der Waals surface area contributed by atoms with Gasteiger partial charge in [0.15, 0.2) is 11.6 Å². The first-order valence-electron chi connectivity index (χ1n) is 4.78. The van der Waals surface area contributed by atoms with E-state index in [1.54, 1.807) is 6.92 Å². The molecule has 0 amide bonds. The van der Waals surface area contributed by atoms with Gasteiger partial charge in [-0.2, -0.15) is 5.10 Å². The number of halogens is 1. The summed E-state index contributed by atoms with van der Waals surface area (Å²) in [5.74, 6) is -2.48. The summed E-state index contributed by atoms with van der Waals surface area (Å²) in [7, 11) is 0. The number of benzene rings is 1. The van der Waals surface area contributed by atoms with Crippen molar-refractivity contribution in [2.24, 2.45) is 0 Å². The molecule has 0 radical (unpaired) electrons. The fraction of sp³-hybridized carbons (Fsp3) is 0.0909. The molecule has 0 aliphatic carbocycles. The Hall–Kier alpha value is -2.37. The third kappa shape index (κ3) is 1.84. The number of aromatic carboxylic acids is 1. The van der Waals surface area contributed by atoms with Gasteiger partial charge in [0.2, 0.25) is 0 Å². The van der Waals surface area contributed by atoms with Crippen LogP contribution in [0.5, 0.6) is 5.75 Å². The Kier molecular flexibility index (Phi) is 2.55. The van der Waals surface area contributed by atoms with Crippen LogP contribution in [-0.4, -0.2) is 26.4 Å². The number of phenols is 1. The molecule has 5 nitrogen and oxygen atoms in total. The van der Waals surface area contributed by atoms with Crippen LogP contribution < -0.4 is 0 Å². The van der Waals surface area contributed by atoms with Gasteiger partial charge in [-0.05, 0) is 24.6 Å². The SMILES string of the molecule is Cc1ccc(F)c(O)c1-c1cc(C(=O)O)[nH]n1. The number of H-pyrrole nitrogens is 1. The van der Waals surface area contributed by atoms with Crippen molar-refractivity contribution >= 4 is 5.97 Å². The van der Waals surface area contributed by atoms with Crippen LogP contribution in [-0.2, 0) is 0 Å². The van der Waals surface area contributed by atoms with E-state index in [1.807, 2.05) is 0 Å². The lowest BCUT2D eigenvalue weighted by Crippen LogP contribution is -1.95. The highest BCUT2D eigenvalue weighted by atomic mass is 19.1. The molecule has 0 atom stereocenters. The van der Waals surface area contributed by atoms with Crippen molar-refractivity contribution in [1.29, 1.82) is 0 Å². The number of aromatic amines is 1. The Morgan fingerprint density at radius 2 is 2.18 bits per heavy atom. The number of carbonyl (C=O) groups is 1. The van der Waals surface area contributed by atoms with E-state index < -0.39 is 17.5 Å². The normalized spacial score (nSPS) is 10.5. The lowest BCUT2D eigenvalue weighted by atomic mass is 10.0. The number of nitrogens with zero attached hydrogens (tertiary/aromatic N) is 1. The second kappa shape index (κ2) is 3.89. The fourth-order valence-corrected chi connectivity index (χ4v) is 1.55. The lowest BCUT2D eigenvalue weighted by Gasteiger charge is -2.05. The first kappa shape index (κ1) is 11.1. The fourth-order valence-electron chi connectivity index (χ4n) is 1.55. The Balaban J connectivity index is 2.60. The third-order valence-corrected chi connectivity index (χ3v) is 2.40.